The Morgan fingerprint density at radius 3 is 2.58 bits per heavy atom. The maximum atomic E-state index is 12.1. The number of aromatic hydroxyl groups is 1. The Bertz CT molecular complexity index is 1060. The monoisotopic (exact) mass is 390 g/mol. The van der Waals surface area contributed by atoms with Crippen LogP contribution in [0.2, 0.25) is 10.0 Å². The van der Waals surface area contributed by atoms with Crippen molar-refractivity contribution in [1.82, 2.24) is 4.98 Å². The molecular formula is C18H12Cl2N2O4. The van der Waals surface area contributed by atoms with Gasteiger partial charge in [-0.2, -0.15) is 0 Å². The first-order valence-corrected chi connectivity index (χ1v) is 8.13. The molecule has 1 amide bonds. The molecule has 4 N–H and O–H groups in total. The van der Waals surface area contributed by atoms with Crippen molar-refractivity contribution in [2.75, 3.05) is 5.32 Å². The first-order chi connectivity index (χ1) is 12.4. The van der Waals surface area contributed by atoms with Crippen molar-refractivity contribution in [2.45, 2.75) is 0 Å². The fraction of sp³-hybridized carbons (Fsp3) is 0. The second kappa shape index (κ2) is 7.11. The Morgan fingerprint density at radius 1 is 1.15 bits per heavy atom. The van der Waals surface area contributed by atoms with Gasteiger partial charge in [0.25, 0.3) is 0 Å². The van der Waals surface area contributed by atoms with Gasteiger partial charge in [-0.1, -0.05) is 35.3 Å². The molecule has 0 atom stereocenters. The number of halogens is 2. The van der Waals surface area contributed by atoms with E-state index in [1.165, 1.54) is 24.3 Å². The van der Waals surface area contributed by atoms with Gasteiger partial charge in [-0.05, 0) is 30.3 Å². The molecule has 1 heterocycles. The second-order valence-electron chi connectivity index (χ2n) is 5.37. The molecule has 3 rings (SSSR count). The van der Waals surface area contributed by atoms with Crippen LogP contribution in [-0.4, -0.2) is 27.1 Å². The third kappa shape index (κ3) is 3.51. The van der Waals surface area contributed by atoms with Crippen molar-refractivity contribution in [3.63, 3.8) is 0 Å². The summed E-state index contributed by atoms with van der Waals surface area (Å²) >= 11 is 12.1. The lowest BCUT2D eigenvalue weighted by Crippen LogP contribution is -2.08. The lowest BCUT2D eigenvalue weighted by Gasteiger charge is -2.04. The molecule has 0 fully saturated rings. The van der Waals surface area contributed by atoms with Crippen LogP contribution in [0.3, 0.4) is 0 Å². The molecule has 26 heavy (non-hydrogen) atoms. The van der Waals surface area contributed by atoms with E-state index in [0.717, 1.165) is 6.08 Å². The standard InChI is InChI=1S/C18H12Cl2N2O4/c19-9-7-11(20)16-10(17(18(25)26)22-13(16)8-9)5-6-15(24)21-12-3-1-2-4-14(12)23/h1-8,22-23H,(H,21,24)(H,25,26). The highest BCUT2D eigenvalue weighted by Crippen LogP contribution is 2.33. The first kappa shape index (κ1) is 17.8. The van der Waals surface area contributed by atoms with Crippen LogP contribution in [0.4, 0.5) is 5.69 Å². The second-order valence-corrected chi connectivity index (χ2v) is 6.21. The molecule has 3 aromatic rings. The number of carboxylic acids is 1. The van der Waals surface area contributed by atoms with Gasteiger partial charge in [0.2, 0.25) is 5.91 Å². The van der Waals surface area contributed by atoms with E-state index in [1.807, 2.05) is 0 Å². The van der Waals surface area contributed by atoms with E-state index in [1.54, 1.807) is 18.2 Å². The van der Waals surface area contributed by atoms with Crippen molar-refractivity contribution in [3.05, 3.63) is 63.8 Å². The van der Waals surface area contributed by atoms with E-state index in [9.17, 15) is 19.8 Å². The number of aromatic nitrogens is 1. The zero-order valence-electron chi connectivity index (χ0n) is 13.1. The topological polar surface area (TPSA) is 102 Å². The predicted molar refractivity (Wildman–Crippen MR) is 101 cm³/mol. The average molecular weight is 391 g/mol. The fourth-order valence-corrected chi connectivity index (χ4v) is 3.12. The lowest BCUT2D eigenvalue weighted by molar-refractivity contribution is -0.111. The van der Waals surface area contributed by atoms with Gasteiger partial charge in [-0.25, -0.2) is 4.79 Å². The van der Waals surface area contributed by atoms with Crippen LogP contribution in [0.25, 0.3) is 17.0 Å². The number of anilines is 1. The Kier molecular flexibility index (Phi) is 4.88. The number of nitrogens with one attached hydrogen (secondary N) is 2. The number of phenolic OH excluding ortho intramolecular Hbond substituents is 1. The highest BCUT2D eigenvalue weighted by molar-refractivity contribution is 6.39. The number of hydrogen-bond acceptors (Lipinski definition) is 3. The van der Waals surface area contributed by atoms with Gasteiger partial charge in [0, 0.05) is 27.6 Å². The zero-order valence-corrected chi connectivity index (χ0v) is 14.6. The number of carboxylic acid groups (broad SMARTS) is 1. The summed E-state index contributed by atoms with van der Waals surface area (Å²) in [4.78, 5) is 26.3. The molecule has 1 aromatic heterocycles. The molecule has 2 aromatic carbocycles. The normalized spacial score (nSPS) is 11.2. The van der Waals surface area contributed by atoms with Gasteiger partial charge in [0.05, 0.1) is 10.7 Å². The van der Waals surface area contributed by atoms with E-state index >= 15 is 0 Å². The van der Waals surface area contributed by atoms with Crippen molar-refractivity contribution in [2.24, 2.45) is 0 Å². The summed E-state index contributed by atoms with van der Waals surface area (Å²) in [6.45, 7) is 0. The van der Waals surface area contributed by atoms with Gasteiger partial charge in [0.15, 0.2) is 0 Å². The molecule has 0 aliphatic carbocycles. The Labute approximate surface area is 157 Å². The van der Waals surface area contributed by atoms with Crippen LogP contribution in [-0.2, 0) is 4.79 Å². The summed E-state index contributed by atoms with van der Waals surface area (Å²) in [5.41, 5.74) is 0.822. The Morgan fingerprint density at radius 2 is 1.88 bits per heavy atom. The zero-order chi connectivity index (χ0) is 18.8. The maximum Gasteiger partial charge on any atom is 0.352 e. The highest BCUT2D eigenvalue weighted by Gasteiger charge is 2.18. The lowest BCUT2D eigenvalue weighted by atomic mass is 10.1. The number of aromatic carboxylic acids is 1. The van der Waals surface area contributed by atoms with E-state index in [4.69, 9.17) is 23.2 Å². The average Bonchev–Trinajstić information content (AvgIpc) is 2.94. The van der Waals surface area contributed by atoms with Gasteiger partial charge < -0.3 is 20.5 Å². The fourth-order valence-electron chi connectivity index (χ4n) is 2.52. The Balaban J connectivity index is 1.98. The van der Waals surface area contributed by atoms with E-state index in [-0.39, 0.29) is 27.7 Å². The van der Waals surface area contributed by atoms with Crippen molar-refractivity contribution in [1.29, 1.82) is 0 Å². The van der Waals surface area contributed by atoms with Crippen molar-refractivity contribution >= 4 is 57.7 Å². The molecule has 0 saturated carbocycles. The molecule has 0 saturated heterocycles. The molecule has 8 heteroatoms. The first-order valence-electron chi connectivity index (χ1n) is 7.38. The SMILES string of the molecule is O=C(C=Cc1c(C(=O)O)[nH]c2cc(Cl)cc(Cl)c12)Nc1ccccc1O. The molecule has 0 unspecified atom stereocenters. The number of fused-ring (bicyclic) bond motifs is 1. The maximum absolute atomic E-state index is 12.1. The van der Waals surface area contributed by atoms with Crippen molar-refractivity contribution in [3.8, 4) is 5.75 Å². The van der Waals surface area contributed by atoms with Gasteiger partial charge in [-0.3, -0.25) is 4.79 Å². The van der Waals surface area contributed by atoms with E-state index in [2.05, 4.69) is 10.3 Å². The van der Waals surface area contributed by atoms with Crippen molar-refractivity contribution < 1.29 is 19.8 Å². The van der Waals surface area contributed by atoms with Crippen LogP contribution in [0.15, 0.2) is 42.5 Å². The number of para-hydroxylation sites is 2. The summed E-state index contributed by atoms with van der Waals surface area (Å²) in [5.74, 6) is -1.82. The third-order valence-corrected chi connectivity index (χ3v) is 4.15. The quantitative estimate of drug-likeness (QED) is 0.388. The number of amides is 1. The molecule has 0 aliphatic rings. The Hall–Kier alpha value is -2.96. The van der Waals surface area contributed by atoms with Gasteiger partial charge in [-0.15, -0.1) is 0 Å². The molecule has 0 aliphatic heterocycles. The number of benzene rings is 2. The summed E-state index contributed by atoms with van der Waals surface area (Å²) in [7, 11) is 0. The smallest absolute Gasteiger partial charge is 0.352 e. The van der Waals surface area contributed by atoms with Crippen LogP contribution < -0.4 is 5.32 Å². The number of phenols is 1. The number of rotatable bonds is 4. The van der Waals surface area contributed by atoms with E-state index < -0.39 is 11.9 Å². The third-order valence-electron chi connectivity index (χ3n) is 3.63. The molecule has 0 spiro atoms. The summed E-state index contributed by atoms with van der Waals surface area (Å²) < 4.78 is 0. The van der Waals surface area contributed by atoms with Gasteiger partial charge >= 0.3 is 5.97 Å². The predicted octanol–water partition coefficient (Wildman–Crippen LogP) is 4.53. The minimum Gasteiger partial charge on any atom is -0.506 e. The van der Waals surface area contributed by atoms with Crippen LogP contribution in [0.5, 0.6) is 5.75 Å². The van der Waals surface area contributed by atoms with E-state index in [0.29, 0.717) is 15.9 Å². The van der Waals surface area contributed by atoms with Gasteiger partial charge in [0.1, 0.15) is 11.4 Å². The molecular weight excluding hydrogens is 379 g/mol. The summed E-state index contributed by atoms with van der Waals surface area (Å²) in [6, 6.07) is 9.29. The molecule has 0 radical (unpaired) electrons. The number of hydrogen-bond donors (Lipinski definition) is 4. The summed E-state index contributed by atoms with van der Waals surface area (Å²) in [5, 5.41) is 22.6. The minimum atomic E-state index is -1.20. The van der Waals surface area contributed by atoms with Crippen LogP contribution in [0.1, 0.15) is 16.1 Å². The van der Waals surface area contributed by atoms with Crippen LogP contribution >= 0.6 is 23.2 Å². The number of carbonyl (C=O) groups is 2. The number of aromatic amines is 1. The molecule has 0 bridgehead atoms. The largest absolute Gasteiger partial charge is 0.506 e. The highest BCUT2D eigenvalue weighted by atomic mass is 35.5. The molecule has 132 valence electrons. The minimum absolute atomic E-state index is 0.0785. The molecule has 6 nitrogen and oxygen atoms in total. The number of carbonyl (C=O) groups excluding carboxylic acids is 1. The summed E-state index contributed by atoms with van der Waals surface area (Å²) in [6.07, 6.45) is 2.50. The van der Waals surface area contributed by atoms with Crippen LogP contribution in [0, 0.1) is 0 Å². The number of H-pyrrole nitrogens is 1.